The van der Waals surface area contributed by atoms with Gasteiger partial charge in [0.05, 0.1) is 5.54 Å². The lowest BCUT2D eigenvalue weighted by molar-refractivity contribution is 0.158. The molecule has 0 aromatic heterocycles. The van der Waals surface area contributed by atoms with Crippen molar-refractivity contribution in [1.82, 2.24) is 0 Å². The molecule has 434 valence electrons. The molecule has 6 aliphatic rings. The molecule has 84 heavy (non-hydrogen) atoms. The van der Waals surface area contributed by atoms with Crippen molar-refractivity contribution < 1.29 is 0 Å². The highest BCUT2D eigenvalue weighted by Gasteiger charge is 2.62. The van der Waals surface area contributed by atoms with Gasteiger partial charge in [-0.3, -0.25) is 0 Å². The lowest BCUT2D eigenvalue weighted by atomic mass is 9.33. The summed E-state index contributed by atoms with van der Waals surface area (Å²) in [7, 11) is 0. The molecule has 0 amide bonds. The Balaban J connectivity index is 1.10. The molecule has 3 nitrogen and oxygen atoms in total. The molecule has 6 atom stereocenters. The van der Waals surface area contributed by atoms with Crippen molar-refractivity contribution in [2.24, 2.45) is 17.3 Å². The fourth-order valence-electron chi connectivity index (χ4n) is 17.2. The van der Waals surface area contributed by atoms with Gasteiger partial charge in [-0.05, 0) is 176 Å². The van der Waals surface area contributed by atoms with Crippen LogP contribution in [0.5, 0.6) is 0 Å². The first-order valence-corrected chi connectivity index (χ1v) is 32.6. The smallest absolute Gasteiger partial charge is 0.252 e. The van der Waals surface area contributed by atoms with Crippen LogP contribution in [-0.4, -0.2) is 24.8 Å². The number of fused-ring (bicyclic) bond motifs is 11. The Hall–Kier alpha value is -6.26. The summed E-state index contributed by atoms with van der Waals surface area (Å²) in [5.74, 6) is 1.57. The van der Waals surface area contributed by atoms with Gasteiger partial charge in [0.2, 0.25) is 0 Å². The number of hydrogen-bond donors (Lipinski definition) is 0. The third kappa shape index (κ3) is 8.45. The van der Waals surface area contributed by atoms with Crippen LogP contribution in [0.15, 0.2) is 146 Å². The highest BCUT2D eigenvalue weighted by Crippen LogP contribution is 2.64. The Kier molecular flexibility index (Phi) is 13.1. The van der Waals surface area contributed by atoms with E-state index < -0.39 is 0 Å². The van der Waals surface area contributed by atoms with Crippen molar-refractivity contribution in [3.8, 4) is 11.1 Å². The maximum absolute atomic E-state index is 4.52. The molecular weight excluding hydrogens is 1010 g/mol. The van der Waals surface area contributed by atoms with Crippen LogP contribution >= 0.6 is 0 Å². The van der Waals surface area contributed by atoms with Crippen molar-refractivity contribution in [3.05, 3.63) is 196 Å². The van der Waals surface area contributed by atoms with E-state index in [4.69, 9.17) is 0 Å². The molecule has 0 spiro atoms. The summed E-state index contributed by atoms with van der Waals surface area (Å²) in [6, 6.07) is 54.1. The van der Waals surface area contributed by atoms with Crippen molar-refractivity contribution in [2.75, 3.05) is 21.2 Å². The Bertz CT molecular complexity index is 3770. The van der Waals surface area contributed by atoms with Crippen LogP contribution in [0.2, 0.25) is 0 Å². The molecule has 3 heterocycles. The molecule has 0 saturated heterocycles. The highest BCUT2D eigenvalue weighted by atomic mass is 15.3. The van der Waals surface area contributed by atoms with E-state index in [2.05, 4.69) is 279 Å². The first-order valence-electron chi connectivity index (χ1n) is 32.6. The van der Waals surface area contributed by atoms with Crippen LogP contribution < -0.4 is 31.1 Å². The van der Waals surface area contributed by atoms with Gasteiger partial charge in [-0.15, -0.1) is 6.58 Å². The van der Waals surface area contributed by atoms with Crippen molar-refractivity contribution in [3.63, 3.8) is 0 Å². The summed E-state index contributed by atoms with van der Waals surface area (Å²) in [5, 5.41) is 0. The topological polar surface area (TPSA) is 9.72 Å². The second-order valence-electron chi connectivity index (χ2n) is 31.6. The SMILES string of the molecule is C=CC(C)(C)[C@H](C)N(c1ccc(C(C)(C)C)cc1)c1cc2c3c(c1)N1c4c(cc(C(C)(C)C)cc4C4(C)CCCCC14C)B3c1ccc3c(c1N2CC1CC(c2ccccc2)[C@@H]1C)-c1ccc(C(C)(C)Cc2cccc(CC)c2)cc1C3(C)C. The Labute approximate surface area is 507 Å². The van der Waals surface area contributed by atoms with E-state index >= 15 is 0 Å². The predicted octanol–water partition coefficient (Wildman–Crippen LogP) is 18.9. The van der Waals surface area contributed by atoms with Crippen molar-refractivity contribution in [1.29, 1.82) is 0 Å². The molecular formula is C80H96BN3. The van der Waals surface area contributed by atoms with Crippen molar-refractivity contribution in [2.45, 2.75) is 207 Å². The van der Waals surface area contributed by atoms with E-state index in [0.29, 0.717) is 17.8 Å². The van der Waals surface area contributed by atoms with Crippen LogP contribution in [-0.2, 0) is 39.9 Å². The normalized spacial score (nSPS) is 23.0. The summed E-state index contributed by atoms with van der Waals surface area (Å²) in [6.07, 6.45) is 10.3. The Morgan fingerprint density at radius 3 is 2.00 bits per heavy atom. The van der Waals surface area contributed by atoms with Gasteiger partial charge in [0.1, 0.15) is 0 Å². The van der Waals surface area contributed by atoms with Gasteiger partial charge in [-0.2, -0.15) is 0 Å². The van der Waals surface area contributed by atoms with E-state index in [1.54, 1.807) is 5.56 Å². The highest BCUT2D eigenvalue weighted by molar-refractivity contribution is 7.00. The molecule has 0 N–H and O–H groups in total. The maximum atomic E-state index is 4.52. The molecule has 7 aromatic rings. The standard InChI is InChI=1S/C80H96BN3/c1-19-52-27-26-28-53(41-52)48-77(13,14)57-33-36-61-64(43-57)78(15,16)63-37-38-66-73(70(61)63)82(49-55-42-62(50(55)3)54-29-22-21-23-30-54)68-46-60(83(51(4)76(11,12)20-2)59-34-31-56(32-35-59)74(5,6)7)47-69-71(68)81(66)67-45-58(75(8,9)10)44-65-72(67)84(69)80(18)40-25-24-39-79(65,80)17/h20-23,26-38,41,43-47,50-51,55,62H,2,19,24-25,39-40,42,48-49H2,1,3-18H3/t50-,51+,55?,62?,79?,80?/m1/s1. The molecule has 0 bridgehead atoms. The van der Waals surface area contributed by atoms with E-state index in [-0.39, 0.29) is 50.8 Å². The largest absolute Gasteiger partial charge is 0.341 e. The molecule has 4 unspecified atom stereocenters. The number of benzene rings is 7. The number of rotatable bonds is 12. The number of hydrogen-bond acceptors (Lipinski definition) is 3. The van der Waals surface area contributed by atoms with Gasteiger partial charge in [-0.25, -0.2) is 0 Å². The van der Waals surface area contributed by atoms with Gasteiger partial charge in [0.25, 0.3) is 6.71 Å². The summed E-state index contributed by atoms with van der Waals surface area (Å²) in [6.45, 7) is 47.2. The zero-order valence-corrected chi connectivity index (χ0v) is 54.4. The van der Waals surface area contributed by atoms with Crippen LogP contribution in [0.1, 0.15) is 206 Å². The van der Waals surface area contributed by atoms with Gasteiger partial charge in [0.15, 0.2) is 0 Å². The van der Waals surface area contributed by atoms with E-state index in [1.165, 1.54) is 132 Å². The van der Waals surface area contributed by atoms with E-state index in [1.807, 2.05) is 0 Å². The lowest BCUT2D eigenvalue weighted by Crippen LogP contribution is -2.65. The first-order chi connectivity index (χ1) is 39.6. The van der Waals surface area contributed by atoms with E-state index in [0.717, 1.165) is 25.8 Å². The maximum Gasteiger partial charge on any atom is 0.252 e. The number of nitrogens with zero attached hydrogens (tertiary/aromatic N) is 3. The third-order valence-corrected chi connectivity index (χ3v) is 23.5. The quantitative estimate of drug-likeness (QED) is 0.0892. The average molecular weight is 1110 g/mol. The summed E-state index contributed by atoms with van der Waals surface area (Å²) >= 11 is 0. The minimum atomic E-state index is -0.216. The number of anilines is 6. The van der Waals surface area contributed by atoms with Gasteiger partial charge < -0.3 is 14.7 Å². The molecule has 3 aliphatic heterocycles. The molecule has 2 fully saturated rings. The minimum absolute atomic E-state index is 0.0327. The Morgan fingerprint density at radius 2 is 1.32 bits per heavy atom. The van der Waals surface area contributed by atoms with Gasteiger partial charge in [-0.1, -0.05) is 232 Å². The minimum Gasteiger partial charge on any atom is -0.341 e. The fraction of sp³-hybridized carbons (Fsp3) is 0.450. The predicted molar refractivity (Wildman–Crippen MR) is 363 cm³/mol. The molecule has 3 aliphatic carbocycles. The van der Waals surface area contributed by atoms with Gasteiger partial charge in [0, 0.05) is 68.5 Å². The van der Waals surface area contributed by atoms with Crippen LogP contribution in [0.25, 0.3) is 11.1 Å². The molecule has 2 saturated carbocycles. The average Bonchev–Trinajstić information content (AvgIpc) is 1.55. The third-order valence-electron chi connectivity index (χ3n) is 23.5. The molecule has 4 heteroatoms. The monoisotopic (exact) mass is 1110 g/mol. The van der Waals surface area contributed by atoms with Crippen LogP contribution in [0.4, 0.5) is 34.1 Å². The van der Waals surface area contributed by atoms with Crippen LogP contribution in [0.3, 0.4) is 0 Å². The van der Waals surface area contributed by atoms with E-state index in [9.17, 15) is 0 Å². The zero-order chi connectivity index (χ0) is 59.6. The first kappa shape index (κ1) is 56.9. The van der Waals surface area contributed by atoms with Crippen LogP contribution in [0, 0.1) is 17.3 Å². The Morgan fingerprint density at radius 1 is 0.655 bits per heavy atom. The zero-order valence-electron chi connectivity index (χ0n) is 54.4. The summed E-state index contributed by atoms with van der Waals surface area (Å²) < 4.78 is 0. The summed E-state index contributed by atoms with van der Waals surface area (Å²) in [4.78, 5) is 8.62. The fourth-order valence-corrected chi connectivity index (χ4v) is 17.2. The number of aryl methyl sites for hydroxylation is 1. The molecule has 13 rings (SSSR count). The van der Waals surface area contributed by atoms with Crippen molar-refractivity contribution >= 4 is 57.2 Å². The lowest BCUT2D eigenvalue weighted by Gasteiger charge is -2.54. The molecule has 7 aromatic carbocycles. The summed E-state index contributed by atoms with van der Waals surface area (Å²) in [5.41, 5.74) is 28.0. The second kappa shape index (κ2) is 19.4. The van der Waals surface area contributed by atoms with Gasteiger partial charge >= 0.3 is 0 Å². The second-order valence-corrected chi connectivity index (χ2v) is 31.6. The molecule has 0 radical (unpaired) electrons.